The average Bonchev–Trinajstić information content (AvgIpc) is 2.76. The molecule has 0 saturated heterocycles. The summed E-state index contributed by atoms with van der Waals surface area (Å²) in [6.45, 7) is -0.139. The van der Waals surface area contributed by atoms with Gasteiger partial charge in [0.1, 0.15) is 12.6 Å². The van der Waals surface area contributed by atoms with Gasteiger partial charge in [0.2, 0.25) is 11.8 Å². The van der Waals surface area contributed by atoms with Gasteiger partial charge in [-0.3, -0.25) is 9.59 Å². The third-order valence-corrected chi connectivity index (χ3v) is 2.09. The first-order valence-electron chi connectivity index (χ1n) is 5.13. The molecule has 0 aliphatic heterocycles. The number of amides is 2. The number of carboxylic acids is 1. The Bertz CT molecular complexity index is 430. The fourth-order valence-corrected chi connectivity index (χ4v) is 1.25. The van der Waals surface area contributed by atoms with Gasteiger partial charge < -0.3 is 16.2 Å². The van der Waals surface area contributed by atoms with Crippen molar-refractivity contribution in [2.24, 2.45) is 5.73 Å². The Kier molecular flexibility index (Phi) is 4.78. The van der Waals surface area contributed by atoms with Gasteiger partial charge >= 0.3 is 5.97 Å². The summed E-state index contributed by atoms with van der Waals surface area (Å²) in [7, 11) is 0. The zero-order chi connectivity index (χ0) is 13.5. The van der Waals surface area contributed by atoms with Crippen molar-refractivity contribution in [3.8, 4) is 0 Å². The van der Waals surface area contributed by atoms with Gasteiger partial charge in [-0.15, -0.1) is 5.10 Å². The monoisotopic (exact) mass is 255 g/mol. The number of nitrogens with two attached hydrogens (primary N) is 1. The smallest absolute Gasteiger partial charge is 0.326 e. The third kappa shape index (κ3) is 4.60. The van der Waals surface area contributed by atoms with Crippen molar-refractivity contribution < 1.29 is 19.5 Å². The standard InChI is InChI=1S/C9H13N5O4/c10-7(15)2-1-6(9(17)18)12-8(16)5-14-4-3-11-13-14/h3-4,6H,1-2,5H2,(H2,10,15)(H,12,16)(H,17,18)/t6-/m0/s1. The molecule has 9 nitrogen and oxygen atoms in total. The largest absolute Gasteiger partial charge is 0.480 e. The van der Waals surface area contributed by atoms with E-state index in [0.717, 1.165) is 0 Å². The highest BCUT2D eigenvalue weighted by molar-refractivity contribution is 5.84. The molecular weight excluding hydrogens is 242 g/mol. The predicted molar refractivity (Wildman–Crippen MR) is 58.0 cm³/mol. The van der Waals surface area contributed by atoms with Gasteiger partial charge in [0.15, 0.2) is 0 Å². The minimum Gasteiger partial charge on any atom is -0.480 e. The summed E-state index contributed by atoms with van der Waals surface area (Å²) in [5, 5.41) is 18.2. The molecular formula is C9H13N5O4. The molecule has 0 bridgehead atoms. The van der Waals surface area contributed by atoms with Crippen LogP contribution in [-0.4, -0.2) is 43.9 Å². The van der Waals surface area contributed by atoms with E-state index in [2.05, 4.69) is 15.6 Å². The number of primary amides is 1. The number of carboxylic acid groups (broad SMARTS) is 1. The Hall–Kier alpha value is -2.45. The minimum atomic E-state index is -1.22. The second-order valence-electron chi connectivity index (χ2n) is 3.56. The Morgan fingerprint density at radius 2 is 2.17 bits per heavy atom. The van der Waals surface area contributed by atoms with Crippen molar-refractivity contribution in [2.75, 3.05) is 0 Å². The molecule has 0 spiro atoms. The zero-order valence-corrected chi connectivity index (χ0v) is 9.44. The molecule has 1 rings (SSSR count). The lowest BCUT2D eigenvalue weighted by Crippen LogP contribution is -2.42. The van der Waals surface area contributed by atoms with Gasteiger partial charge in [-0.25, -0.2) is 9.48 Å². The number of hydrogen-bond donors (Lipinski definition) is 3. The number of nitrogens with zero attached hydrogens (tertiary/aromatic N) is 3. The number of rotatable bonds is 7. The molecule has 0 unspecified atom stereocenters. The average molecular weight is 255 g/mol. The molecule has 0 aliphatic carbocycles. The van der Waals surface area contributed by atoms with Gasteiger partial charge in [-0.1, -0.05) is 5.21 Å². The Morgan fingerprint density at radius 1 is 1.44 bits per heavy atom. The molecule has 0 radical (unpaired) electrons. The molecule has 1 atom stereocenters. The summed E-state index contributed by atoms with van der Waals surface area (Å²) in [4.78, 5) is 32.9. The fraction of sp³-hybridized carbons (Fsp3) is 0.444. The molecule has 1 aromatic rings. The van der Waals surface area contributed by atoms with Crippen molar-refractivity contribution >= 4 is 17.8 Å². The molecule has 1 aromatic heterocycles. The van der Waals surface area contributed by atoms with Crippen molar-refractivity contribution in [3.63, 3.8) is 0 Å². The lowest BCUT2D eigenvalue weighted by Gasteiger charge is -2.13. The van der Waals surface area contributed by atoms with E-state index in [-0.39, 0.29) is 19.4 Å². The first kappa shape index (κ1) is 13.6. The van der Waals surface area contributed by atoms with Crippen LogP contribution in [0.15, 0.2) is 12.4 Å². The Morgan fingerprint density at radius 3 is 2.67 bits per heavy atom. The van der Waals surface area contributed by atoms with Crippen LogP contribution < -0.4 is 11.1 Å². The van der Waals surface area contributed by atoms with Gasteiger partial charge in [0.25, 0.3) is 0 Å². The van der Waals surface area contributed by atoms with Gasteiger partial charge in [0.05, 0.1) is 6.20 Å². The minimum absolute atomic E-state index is 0.0479. The number of hydrogen-bond acceptors (Lipinski definition) is 5. The van der Waals surface area contributed by atoms with E-state index >= 15 is 0 Å². The quantitative estimate of drug-likeness (QED) is 0.520. The molecule has 1 heterocycles. The number of nitrogens with one attached hydrogen (secondary N) is 1. The first-order valence-corrected chi connectivity index (χ1v) is 5.13. The predicted octanol–water partition coefficient (Wildman–Crippen LogP) is -1.89. The summed E-state index contributed by atoms with van der Waals surface area (Å²) >= 11 is 0. The van der Waals surface area contributed by atoms with E-state index in [1.807, 2.05) is 0 Å². The van der Waals surface area contributed by atoms with Crippen LogP contribution in [0.3, 0.4) is 0 Å². The molecule has 0 fully saturated rings. The summed E-state index contributed by atoms with van der Waals surface area (Å²) in [5.41, 5.74) is 4.91. The van der Waals surface area contributed by atoms with Crippen LogP contribution in [-0.2, 0) is 20.9 Å². The Labute approximate surface area is 102 Å². The highest BCUT2D eigenvalue weighted by Gasteiger charge is 2.20. The second kappa shape index (κ2) is 6.33. The van der Waals surface area contributed by atoms with Crippen LogP contribution in [0.1, 0.15) is 12.8 Å². The third-order valence-electron chi connectivity index (χ3n) is 2.09. The molecule has 0 aliphatic rings. The highest BCUT2D eigenvalue weighted by Crippen LogP contribution is 1.97. The van der Waals surface area contributed by atoms with Crippen LogP contribution in [0.5, 0.6) is 0 Å². The zero-order valence-electron chi connectivity index (χ0n) is 9.44. The van der Waals surface area contributed by atoms with E-state index in [4.69, 9.17) is 10.8 Å². The molecule has 18 heavy (non-hydrogen) atoms. The summed E-state index contributed by atoms with van der Waals surface area (Å²) in [6.07, 6.45) is 2.71. The van der Waals surface area contributed by atoms with Gasteiger partial charge in [-0.05, 0) is 6.42 Å². The van der Waals surface area contributed by atoms with E-state index in [1.165, 1.54) is 17.1 Å². The van der Waals surface area contributed by atoms with E-state index < -0.39 is 23.8 Å². The molecule has 0 saturated carbocycles. The summed E-state index contributed by atoms with van der Waals surface area (Å²) < 4.78 is 1.25. The van der Waals surface area contributed by atoms with Crippen LogP contribution in [0.2, 0.25) is 0 Å². The van der Waals surface area contributed by atoms with Gasteiger partial charge in [-0.2, -0.15) is 0 Å². The SMILES string of the molecule is NC(=O)CC[C@H](NC(=O)Cn1ccnn1)C(=O)O. The van der Waals surface area contributed by atoms with Crippen molar-refractivity contribution in [1.82, 2.24) is 20.3 Å². The van der Waals surface area contributed by atoms with Gasteiger partial charge in [0, 0.05) is 12.6 Å². The number of carbonyl (C=O) groups excluding carboxylic acids is 2. The molecule has 4 N–H and O–H groups in total. The summed E-state index contributed by atoms with van der Waals surface area (Å²) in [6, 6.07) is -1.14. The van der Waals surface area contributed by atoms with Crippen molar-refractivity contribution in [2.45, 2.75) is 25.4 Å². The molecule has 2 amide bonds. The number of carbonyl (C=O) groups is 3. The van der Waals surface area contributed by atoms with Crippen LogP contribution in [0.25, 0.3) is 0 Å². The number of aliphatic carboxylic acids is 1. The van der Waals surface area contributed by atoms with Crippen molar-refractivity contribution in [3.05, 3.63) is 12.4 Å². The van der Waals surface area contributed by atoms with Crippen molar-refractivity contribution in [1.29, 1.82) is 0 Å². The van der Waals surface area contributed by atoms with Crippen LogP contribution in [0.4, 0.5) is 0 Å². The van der Waals surface area contributed by atoms with Crippen LogP contribution in [0, 0.1) is 0 Å². The molecule has 98 valence electrons. The maximum atomic E-state index is 11.5. The first-order chi connectivity index (χ1) is 8.49. The van der Waals surface area contributed by atoms with E-state index in [1.54, 1.807) is 0 Å². The highest BCUT2D eigenvalue weighted by atomic mass is 16.4. The maximum Gasteiger partial charge on any atom is 0.326 e. The topological polar surface area (TPSA) is 140 Å². The lowest BCUT2D eigenvalue weighted by atomic mass is 10.1. The summed E-state index contributed by atoms with van der Waals surface area (Å²) in [5.74, 6) is -2.37. The van der Waals surface area contributed by atoms with E-state index in [9.17, 15) is 14.4 Å². The lowest BCUT2D eigenvalue weighted by molar-refractivity contribution is -0.142. The van der Waals surface area contributed by atoms with E-state index in [0.29, 0.717) is 0 Å². The second-order valence-corrected chi connectivity index (χ2v) is 3.56. The fourth-order valence-electron chi connectivity index (χ4n) is 1.25. The molecule has 0 aromatic carbocycles. The molecule has 9 heteroatoms. The maximum absolute atomic E-state index is 11.5. The van der Waals surface area contributed by atoms with Crippen LogP contribution >= 0.6 is 0 Å². The Balaban J connectivity index is 2.47. The normalized spacial score (nSPS) is 11.8. The number of aromatic nitrogens is 3.